The second-order valence-corrected chi connectivity index (χ2v) is 9.51. The summed E-state index contributed by atoms with van der Waals surface area (Å²) < 4.78 is 32.4. The summed E-state index contributed by atoms with van der Waals surface area (Å²) in [5.41, 5.74) is 1.03. The third-order valence-corrected chi connectivity index (χ3v) is 7.44. The zero-order valence-corrected chi connectivity index (χ0v) is 18.8. The normalized spacial score (nSPS) is 11.7. The minimum Gasteiger partial charge on any atom is -0.411 e. The molecule has 0 unspecified atom stereocenters. The fraction of sp³-hybridized carbons (Fsp3) is 0.250. The van der Waals surface area contributed by atoms with Crippen LogP contribution in [0.25, 0.3) is 11.5 Å². The number of benzene rings is 2. The molecule has 0 aliphatic carbocycles. The molecule has 0 saturated carbocycles. The summed E-state index contributed by atoms with van der Waals surface area (Å²) in [6, 6.07) is 13.0. The van der Waals surface area contributed by atoms with Crippen LogP contribution in [0.2, 0.25) is 5.02 Å². The van der Waals surface area contributed by atoms with Crippen LogP contribution in [-0.2, 0) is 10.0 Å². The van der Waals surface area contributed by atoms with Gasteiger partial charge in [-0.3, -0.25) is 4.79 Å². The number of rotatable bonds is 9. The third kappa shape index (κ3) is 5.10. The Morgan fingerprint density at radius 1 is 1.10 bits per heavy atom. The lowest BCUT2D eigenvalue weighted by molar-refractivity contribution is 0.102. The van der Waals surface area contributed by atoms with Crippen molar-refractivity contribution in [1.82, 2.24) is 14.5 Å². The van der Waals surface area contributed by atoms with Gasteiger partial charge in [-0.25, -0.2) is 8.42 Å². The van der Waals surface area contributed by atoms with E-state index in [4.69, 9.17) is 16.0 Å². The first kappa shape index (κ1) is 22.5. The van der Waals surface area contributed by atoms with E-state index in [9.17, 15) is 13.2 Å². The molecular formula is C20H20ClN3O4S2. The van der Waals surface area contributed by atoms with E-state index in [0.717, 1.165) is 11.8 Å². The summed E-state index contributed by atoms with van der Waals surface area (Å²) in [7, 11) is -3.60. The molecule has 0 aliphatic heterocycles. The maximum atomic E-state index is 12.7. The molecule has 7 nitrogen and oxygen atoms in total. The summed E-state index contributed by atoms with van der Waals surface area (Å²) in [6.07, 6.45) is 0. The van der Waals surface area contributed by atoms with E-state index in [1.807, 2.05) is 0 Å². The van der Waals surface area contributed by atoms with Gasteiger partial charge < -0.3 is 4.42 Å². The highest BCUT2D eigenvalue weighted by molar-refractivity contribution is 7.99. The molecule has 3 aromatic rings. The Morgan fingerprint density at radius 2 is 1.80 bits per heavy atom. The summed E-state index contributed by atoms with van der Waals surface area (Å²) in [5.74, 6) is 0.219. The second-order valence-electron chi connectivity index (χ2n) is 6.21. The van der Waals surface area contributed by atoms with Gasteiger partial charge in [0.2, 0.25) is 15.9 Å². The molecule has 0 radical (unpaired) electrons. The number of halogens is 1. The molecule has 1 aromatic heterocycles. The van der Waals surface area contributed by atoms with Crippen LogP contribution in [0.4, 0.5) is 0 Å². The van der Waals surface area contributed by atoms with Gasteiger partial charge in [0.15, 0.2) is 5.78 Å². The third-order valence-electron chi connectivity index (χ3n) is 4.32. The largest absolute Gasteiger partial charge is 0.411 e. The zero-order valence-electron chi connectivity index (χ0n) is 16.4. The highest BCUT2D eigenvalue weighted by Crippen LogP contribution is 2.26. The van der Waals surface area contributed by atoms with E-state index in [-0.39, 0.29) is 27.5 Å². The molecule has 1 heterocycles. The van der Waals surface area contributed by atoms with Gasteiger partial charge in [-0.05, 0) is 42.5 Å². The van der Waals surface area contributed by atoms with Crippen molar-refractivity contribution in [2.45, 2.75) is 24.0 Å². The minimum atomic E-state index is -3.60. The number of carbonyl (C=O) groups excluding carboxylic acids is 1. The Balaban J connectivity index is 1.73. The number of Topliss-reactive ketones (excluding diaryl/α,β-unsaturated/α-hetero) is 1. The maximum absolute atomic E-state index is 12.7. The molecule has 2 aromatic carbocycles. The van der Waals surface area contributed by atoms with Gasteiger partial charge in [-0.1, -0.05) is 43.3 Å². The molecule has 0 fully saturated rings. The summed E-state index contributed by atoms with van der Waals surface area (Å²) in [5, 5.41) is 8.71. The molecule has 0 N–H and O–H groups in total. The highest BCUT2D eigenvalue weighted by Gasteiger charge is 2.22. The lowest BCUT2D eigenvalue weighted by Gasteiger charge is -2.18. The number of aromatic nitrogens is 2. The highest BCUT2D eigenvalue weighted by atomic mass is 35.5. The van der Waals surface area contributed by atoms with Crippen molar-refractivity contribution in [1.29, 1.82) is 0 Å². The average molecular weight is 466 g/mol. The Labute approximate surface area is 184 Å². The molecule has 0 amide bonds. The number of nitrogens with zero attached hydrogens (tertiary/aromatic N) is 3. The summed E-state index contributed by atoms with van der Waals surface area (Å²) >= 11 is 6.95. The quantitative estimate of drug-likeness (QED) is 0.341. The van der Waals surface area contributed by atoms with E-state index < -0.39 is 10.0 Å². The van der Waals surface area contributed by atoms with Gasteiger partial charge >= 0.3 is 0 Å². The Kier molecular flexibility index (Phi) is 7.30. The molecule has 0 spiro atoms. The molecule has 30 heavy (non-hydrogen) atoms. The van der Waals surface area contributed by atoms with Crippen molar-refractivity contribution in [2.24, 2.45) is 0 Å². The number of ketones is 1. The van der Waals surface area contributed by atoms with Gasteiger partial charge in [0.25, 0.3) is 5.22 Å². The van der Waals surface area contributed by atoms with Gasteiger partial charge in [0.05, 0.1) is 10.6 Å². The molecule has 3 rings (SSSR count). The first-order valence-electron chi connectivity index (χ1n) is 9.20. The lowest BCUT2D eigenvalue weighted by atomic mass is 10.1. The van der Waals surface area contributed by atoms with Crippen LogP contribution in [0.15, 0.2) is 63.1 Å². The average Bonchev–Trinajstić information content (AvgIpc) is 3.22. The molecule has 10 heteroatoms. The number of carbonyl (C=O) groups is 1. The summed E-state index contributed by atoms with van der Waals surface area (Å²) in [6.45, 7) is 4.34. The number of hydrogen-bond donors (Lipinski definition) is 0. The molecule has 0 bridgehead atoms. The van der Waals surface area contributed by atoms with Gasteiger partial charge in [0.1, 0.15) is 0 Å². The van der Waals surface area contributed by atoms with Crippen molar-refractivity contribution in [2.75, 3.05) is 18.8 Å². The first-order valence-corrected chi connectivity index (χ1v) is 12.0. The van der Waals surface area contributed by atoms with Crippen molar-refractivity contribution >= 4 is 39.2 Å². The number of hydrogen-bond acceptors (Lipinski definition) is 7. The topological polar surface area (TPSA) is 93.4 Å². The van der Waals surface area contributed by atoms with Crippen molar-refractivity contribution in [3.05, 3.63) is 59.1 Å². The second kappa shape index (κ2) is 9.74. The van der Waals surface area contributed by atoms with Crippen molar-refractivity contribution < 1.29 is 17.6 Å². The number of sulfonamides is 1. The predicted octanol–water partition coefficient (Wildman–Crippen LogP) is 4.40. The first-order chi connectivity index (χ1) is 14.3. The van der Waals surface area contributed by atoms with Gasteiger partial charge in [-0.15, -0.1) is 10.2 Å². The standard InChI is InChI=1S/C20H20ClN3O4S2/c1-3-24(4-2)30(26,27)17-7-5-6-15(12-17)19-22-23-20(28-19)29-13-18(25)14-8-10-16(21)11-9-14/h5-12H,3-4,13H2,1-2H3. The molecular weight excluding hydrogens is 446 g/mol. The zero-order chi connectivity index (χ0) is 21.7. The van der Waals surface area contributed by atoms with Crippen molar-refractivity contribution in [3.63, 3.8) is 0 Å². The lowest BCUT2D eigenvalue weighted by Crippen LogP contribution is -2.30. The Bertz CT molecular complexity index is 1130. The summed E-state index contributed by atoms with van der Waals surface area (Å²) in [4.78, 5) is 12.4. The Hall–Kier alpha value is -2.20. The van der Waals surface area contributed by atoms with Crippen LogP contribution >= 0.6 is 23.4 Å². The predicted molar refractivity (Wildman–Crippen MR) is 116 cm³/mol. The van der Waals surface area contributed by atoms with Gasteiger partial charge in [-0.2, -0.15) is 4.31 Å². The van der Waals surface area contributed by atoms with Crippen molar-refractivity contribution in [3.8, 4) is 11.5 Å². The van der Waals surface area contributed by atoms with Crippen LogP contribution in [0, 0.1) is 0 Å². The van der Waals surface area contributed by atoms with E-state index in [0.29, 0.717) is 29.2 Å². The van der Waals surface area contributed by atoms with Crippen LogP contribution in [0.1, 0.15) is 24.2 Å². The maximum Gasteiger partial charge on any atom is 0.277 e. The number of thioether (sulfide) groups is 1. The van der Waals surface area contributed by atoms with E-state index >= 15 is 0 Å². The SMILES string of the molecule is CCN(CC)S(=O)(=O)c1cccc(-c2nnc(SCC(=O)c3ccc(Cl)cc3)o2)c1. The fourth-order valence-electron chi connectivity index (χ4n) is 2.73. The van der Waals surface area contributed by atoms with Crippen LogP contribution in [-0.4, -0.2) is 47.5 Å². The van der Waals surface area contributed by atoms with E-state index in [1.165, 1.54) is 16.4 Å². The van der Waals surface area contributed by atoms with Gasteiger partial charge in [0, 0.05) is 29.2 Å². The molecule has 0 aliphatic rings. The smallest absolute Gasteiger partial charge is 0.277 e. The molecule has 0 saturated heterocycles. The monoisotopic (exact) mass is 465 g/mol. The van der Waals surface area contributed by atoms with E-state index in [2.05, 4.69) is 10.2 Å². The van der Waals surface area contributed by atoms with Crippen LogP contribution < -0.4 is 0 Å². The van der Waals surface area contributed by atoms with E-state index in [1.54, 1.807) is 50.2 Å². The fourth-order valence-corrected chi connectivity index (χ4v) is 5.02. The molecule has 0 atom stereocenters. The van der Waals surface area contributed by atoms with Crippen LogP contribution in [0.5, 0.6) is 0 Å². The minimum absolute atomic E-state index is 0.0938. The molecule has 158 valence electrons. The van der Waals surface area contributed by atoms with Crippen LogP contribution in [0.3, 0.4) is 0 Å². The Morgan fingerprint density at radius 3 is 2.47 bits per heavy atom.